The maximum absolute atomic E-state index is 12.0. The zero-order chi connectivity index (χ0) is 17.1. The molecule has 0 bridgehead atoms. The van der Waals surface area contributed by atoms with Crippen molar-refractivity contribution in [2.45, 2.75) is 19.3 Å². The third kappa shape index (κ3) is 3.71. The number of anilines is 1. The van der Waals surface area contributed by atoms with Gasteiger partial charge in [0.2, 0.25) is 0 Å². The van der Waals surface area contributed by atoms with Crippen LogP contribution < -0.4 is 10.1 Å². The van der Waals surface area contributed by atoms with Gasteiger partial charge in [-0.25, -0.2) is 4.79 Å². The van der Waals surface area contributed by atoms with Gasteiger partial charge in [0.15, 0.2) is 6.61 Å². The maximum atomic E-state index is 12.0. The Morgan fingerprint density at radius 3 is 2.83 bits per heavy atom. The fourth-order valence-corrected chi connectivity index (χ4v) is 3.98. The topological polar surface area (TPSA) is 64.6 Å². The molecule has 0 radical (unpaired) electrons. The second-order valence-electron chi connectivity index (χ2n) is 5.39. The molecule has 3 rings (SSSR count). The van der Waals surface area contributed by atoms with E-state index in [1.54, 1.807) is 18.2 Å². The lowest BCUT2D eigenvalue weighted by molar-refractivity contribution is -0.119. The van der Waals surface area contributed by atoms with Gasteiger partial charge >= 0.3 is 5.97 Å². The van der Waals surface area contributed by atoms with E-state index in [4.69, 9.17) is 21.1 Å². The van der Waals surface area contributed by atoms with E-state index in [1.165, 1.54) is 28.9 Å². The van der Waals surface area contributed by atoms with Crippen LogP contribution in [-0.2, 0) is 22.4 Å². The lowest BCUT2D eigenvalue weighted by Gasteiger charge is -2.08. The van der Waals surface area contributed by atoms with Crippen LogP contribution in [0, 0.1) is 0 Å². The van der Waals surface area contributed by atoms with Gasteiger partial charge in [-0.15, -0.1) is 11.3 Å². The molecule has 1 amide bonds. The minimum Gasteiger partial charge on any atom is -0.495 e. The maximum Gasteiger partial charge on any atom is 0.348 e. The third-order valence-electron chi connectivity index (χ3n) is 3.72. The van der Waals surface area contributed by atoms with Crippen molar-refractivity contribution in [3.63, 3.8) is 0 Å². The van der Waals surface area contributed by atoms with E-state index in [0.29, 0.717) is 21.3 Å². The number of amides is 1. The molecule has 1 aromatic carbocycles. The van der Waals surface area contributed by atoms with Crippen LogP contribution in [0.2, 0.25) is 5.02 Å². The fraction of sp³-hybridized carbons (Fsp3) is 0.294. The first-order valence-electron chi connectivity index (χ1n) is 7.49. The van der Waals surface area contributed by atoms with Crippen molar-refractivity contribution in [1.82, 2.24) is 0 Å². The lowest BCUT2D eigenvalue weighted by atomic mass is 10.2. The lowest BCUT2D eigenvalue weighted by Crippen LogP contribution is -2.20. The number of hydrogen-bond acceptors (Lipinski definition) is 5. The van der Waals surface area contributed by atoms with E-state index in [0.717, 1.165) is 19.3 Å². The summed E-state index contributed by atoms with van der Waals surface area (Å²) in [6.45, 7) is -0.342. The molecule has 0 fully saturated rings. The Labute approximate surface area is 148 Å². The number of carbonyl (C=O) groups excluding carboxylic acids is 2. The van der Waals surface area contributed by atoms with Crippen molar-refractivity contribution in [3.8, 4) is 5.75 Å². The predicted octanol–water partition coefficient (Wildman–Crippen LogP) is 3.69. The van der Waals surface area contributed by atoms with Crippen LogP contribution in [0.5, 0.6) is 5.75 Å². The highest BCUT2D eigenvalue weighted by Gasteiger charge is 2.20. The zero-order valence-corrected chi connectivity index (χ0v) is 14.6. The molecule has 2 aromatic rings. The second kappa shape index (κ2) is 7.23. The highest BCUT2D eigenvalue weighted by molar-refractivity contribution is 7.14. The Hall–Kier alpha value is -2.05. The second-order valence-corrected chi connectivity index (χ2v) is 6.93. The van der Waals surface area contributed by atoms with Crippen molar-refractivity contribution < 1.29 is 19.1 Å². The van der Waals surface area contributed by atoms with Crippen molar-refractivity contribution >= 4 is 40.5 Å². The molecule has 7 heteroatoms. The molecule has 5 nitrogen and oxygen atoms in total. The molecule has 0 aliphatic heterocycles. The minimum atomic E-state index is -0.461. The van der Waals surface area contributed by atoms with Gasteiger partial charge in [-0.2, -0.15) is 0 Å². The number of thiophene rings is 1. The van der Waals surface area contributed by atoms with E-state index < -0.39 is 11.9 Å². The highest BCUT2D eigenvalue weighted by atomic mass is 35.5. The third-order valence-corrected chi connectivity index (χ3v) is 5.23. The summed E-state index contributed by atoms with van der Waals surface area (Å²) in [4.78, 5) is 25.7. The Kier molecular flexibility index (Phi) is 5.06. The summed E-state index contributed by atoms with van der Waals surface area (Å²) in [5.74, 6) is -0.363. The molecule has 0 atom stereocenters. The average Bonchev–Trinajstić information content (AvgIpc) is 3.14. The summed E-state index contributed by atoms with van der Waals surface area (Å²) in [5.41, 5.74) is 1.74. The fourth-order valence-electron chi connectivity index (χ4n) is 2.57. The number of halogens is 1. The molecule has 0 saturated heterocycles. The van der Waals surface area contributed by atoms with E-state index in [9.17, 15) is 9.59 Å². The summed E-state index contributed by atoms with van der Waals surface area (Å²) in [6, 6.07) is 6.76. The Morgan fingerprint density at radius 1 is 1.29 bits per heavy atom. The SMILES string of the molecule is COc1ccc(NC(=O)COC(=O)c2cc3c(s2)CCC3)cc1Cl. The number of hydrogen-bond donors (Lipinski definition) is 1. The summed E-state index contributed by atoms with van der Waals surface area (Å²) < 4.78 is 10.1. The van der Waals surface area contributed by atoms with Crippen molar-refractivity contribution in [2.24, 2.45) is 0 Å². The van der Waals surface area contributed by atoms with E-state index in [1.807, 2.05) is 6.07 Å². The van der Waals surface area contributed by atoms with Crippen molar-refractivity contribution in [3.05, 3.63) is 44.6 Å². The van der Waals surface area contributed by atoms with Crippen LogP contribution >= 0.6 is 22.9 Å². The number of nitrogens with one attached hydrogen (secondary N) is 1. The monoisotopic (exact) mass is 365 g/mol. The zero-order valence-electron chi connectivity index (χ0n) is 13.1. The van der Waals surface area contributed by atoms with Crippen LogP contribution in [0.15, 0.2) is 24.3 Å². The first kappa shape index (κ1) is 16.8. The summed E-state index contributed by atoms with van der Waals surface area (Å²) in [6.07, 6.45) is 3.17. The molecule has 1 aliphatic rings. The molecule has 0 saturated carbocycles. The van der Waals surface area contributed by atoms with Gasteiger partial charge in [0.1, 0.15) is 10.6 Å². The number of carbonyl (C=O) groups is 2. The molecule has 24 heavy (non-hydrogen) atoms. The minimum absolute atomic E-state index is 0.342. The van der Waals surface area contributed by atoms with E-state index in [2.05, 4.69) is 5.32 Å². The number of ether oxygens (including phenoxy) is 2. The Morgan fingerprint density at radius 2 is 2.12 bits per heavy atom. The summed E-state index contributed by atoms with van der Waals surface area (Å²) in [5, 5.41) is 3.02. The number of esters is 1. The van der Waals surface area contributed by atoms with E-state index in [-0.39, 0.29) is 6.61 Å². The first-order valence-corrected chi connectivity index (χ1v) is 8.68. The molecule has 126 valence electrons. The van der Waals surface area contributed by atoms with Crippen LogP contribution in [0.1, 0.15) is 26.5 Å². The van der Waals surface area contributed by atoms with Gasteiger partial charge in [0.05, 0.1) is 12.1 Å². The first-order chi connectivity index (χ1) is 11.6. The number of rotatable bonds is 5. The average molecular weight is 366 g/mol. The van der Waals surface area contributed by atoms with Gasteiger partial charge in [0.25, 0.3) is 5.91 Å². The number of methoxy groups -OCH3 is 1. The van der Waals surface area contributed by atoms with Crippen LogP contribution in [-0.4, -0.2) is 25.6 Å². The number of aryl methyl sites for hydroxylation is 2. The van der Waals surface area contributed by atoms with Crippen molar-refractivity contribution in [1.29, 1.82) is 0 Å². The molecule has 1 aromatic heterocycles. The summed E-state index contributed by atoms with van der Waals surface area (Å²) in [7, 11) is 1.51. The predicted molar refractivity (Wildman–Crippen MR) is 93.3 cm³/mol. The van der Waals surface area contributed by atoms with Crippen molar-refractivity contribution in [2.75, 3.05) is 19.0 Å². The molecular weight excluding hydrogens is 350 g/mol. The molecule has 0 spiro atoms. The highest BCUT2D eigenvalue weighted by Crippen LogP contribution is 2.31. The summed E-state index contributed by atoms with van der Waals surface area (Å²) >= 11 is 7.45. The van der Waals surface area contributed by atoms with Gasteiger partial charge in [-0.1, -0.05) is 11.6 Å². The van der Waals surface area contributed by atoms with Gasteiger partial charge in [-0.05, 0) is 49.1 Å². The van der Waals surface area contributed by atoms with Crippen LogP contribution in [0.3, 0.4) is 0 Å². The normalized spacial score (nSPS) is 12.6. The Bertz CT molecular complexity index is 765. The standard InChI is InChI=1S/C17H16ClNO4S/c1-22-13-6-5-11(8-12(13)18)19-16(20)9-23-17(21)15-7-10-3-2-4-14(10)24-15/h5-8H,2-4,9H2,1H3,(H,19,20). The molecule has 0 unspecified atom stereocenters. The molecule has 1 heterocycles. The molecule has 1 aliphatic carbocycles. The van der Waals surface area contributed by atoms with Crippen LogP contribution in [0.4, 0.5) is 5.69 Å². The van der Waals surface area contributed by atoms with Gasteiger partial charge in [-0.3, -0.25) is 4.79 Å². The quantitative estimate of drug-likeness (QED) is 0.820. The number of fused-ring (bicyclic) bond motifs is 1. The smallest absolute Gasteiger partial charge is 0.348 e. The Balaban J connectivity index is 1.53. The van der Waals surface area contributed by atoms with E-state index >= 15 is 0 Å². The molecular formula is C17H16ClNO4S. The van der Waals surface area contributed by atoms with Crippen LogP contribution in [0.25, 0.3) is 0 Å². The number of benzene rings is 1. The van der Waals surface area contributed by atoms with Gasteiger partial charge in [0, 0.05) is 10.6 Å². The van der Waals surface area contributed by atoms with Gasteiger partial charge < -0.3 is 14.8 Å². The molecule has 1 N–H and O–H groups in total. The largest absolute Gasteiger partial charge is 0.495 e.